The molecule has 1 aliphatic heterocycles. The molecule has 1 saturated heterocycles. The number of hydrogen-bond donors (Lipinski definition) is 0. The quantitative estimate of drug-likeness (QED) is 0.866. The van der Waals surface area contributed by atoms with Crippen molar-refractivity contribution in [2.45, 2.75) is 52.1 Å². The number of aryl methyl sites for hydroxylation is 2. The van der Waals surface area contributed by atoms with Gasteiger partial charge in [0.25, 0.3) is 5.91 Å². The third-order valence-electron chi connectivity index (χ3n) is 5.57. The minimum atomic E-state index is 0.165. The maximum Gasteiger partial charge on any atom is 0.256 e. The molecule has 0 N–H and O–H groups in total. The Hall–Kier alpha value is -2.04. The lowest BCUT2D eigenvalue weighted by Crippen LogP contribution is -2.30. The van der Waals surface area contributed by atoms with E-state index in [0.717, 1.165) is 48.7 Å². The predicted octanol–water partition coefficient (Wildman–Crippen LogP) is 3.23. The van der Waals surface area contributed by atoms with Gasteiger partial charge < -0.3 is 9.47 Å². The predicted molar refractivity (Wildman–Crippen MR) is 92.8 cm³/mol. The van der Waals surface area contributed by atoms with Crippen LogP contribution in [0.4, 0.5) is 0 Å². The topological polar surface area (TPSA) is 43.1 Å². The first-order chi connectivity index (χ1) is 11.5. The van der Waals surface area contributed by atoms with Gasteiger partial charge in [0.1, 0.15) is 0 Å². The molecule has 0 radical (unpaired) electrons. The molecule has 0 unspecified atom stereocenters. The molecule has 1 amide bonds. The molecular formula is C19H26N4O. The Morgan fingerprint density at radius 3 is 2.75 bits per heavy atom. The van der Waals surface area contributed by atoms with Gasteiger partial charge in [0.05, 0.1) is 17.8 Å². The molecule has 2 aliphatic rings. The molecule has 0 spiro atoms. The molecule has 1 aliphatic carbocycles. The number of carbonyl (C=O) groups is 1. The van der Waals surface area contributed by atoms with E-state index < -0.39 is 0 Å². The van der Waals surface area contributed by atoms with E-state index in [1.165, 1.54) is 18.5 Å². The van der Waals surface area contributed by atoms with Gasteiger partial charge in [0.15, 0.2) is 0 Å². The van der Waals surface area contributed by atoms with Crippen LogP contribution < -0.4 is 0 Å². The fourth-order valence-electron chi connectivity index (χ4n) is 3.98. The molecule has 2 fully saturated rings. The molecule has 2 aromatic rings. The first kappa shape index (κ1) is 15.5. The summed E-state index contributed by atoms with van der Waals surface area (Å²) in [5, 5.41) is 4.28. The molecule has 0 bridgehead atoms. The molecular weight excluding hydrogens is 300 g/mol. The van der Waals surface area contributed by atoms with Crippen LogP contribution >= 0.6 is 0 Å². The lowest BCUT2D eigenvalue weighted by atomic mass is 10.1. The molecule has 4 rings (SSSR count). The number of hydrogen-bond acceptors (Lipinski definition) is 2. The largest absolute Gasteiger partial charge is 0.348 e. The number of amides is 1. The van der Waals surface area contributed by atoms with E-state index in [0.29, 0.717) is 0 Å². The summed E-state index contributed by atoms with van der Waals surface area (Å²) in [4.78, 5) is 15.3. The Morgan fingerprint density at radius 1 is 1.29 bits per heavy atom. The molecule has 5 nitrogen and oxygen atoms in total. The van der Waals surface area contributed by atoms with Gasteiger partial charge in [-0.25, -0.2) is 0 Å². The molecule has 1 atom stereocenters. The molecule has 3 heterocycles. The average Bonchev–Trinajstić information content (AvgIpc) is 2.94. The smallest absolute Gasteiger partial charge is 0.256 e. The fourth-order valence-corrected chi connectivity index (χ4v) is 3.98. The zero-order valence-electron chi connectivity index (χ0n) is 14.8. The van der Waals surface area contributed by atoms with Crippen molar-refractivity contribution >= 4 is 5.91 Å². The van der Waals surface area contributed by atoms with Crippen LogP contribution in [0.5, 0.6) is 0 Å². The van der Waals surface area contributed by atoms with Crippen LogP contribution in [0.15, 0.2) is 18.5 Å². The lowest BCUT2D eigenvalue weighted by molar-refractivity contribution is 0.0734. The van der Waals surface area contributed by atoms with E-state index >= 15 is 0 Å². The number of nitrogens with zero attached hydrogens (tertiary/aromatic N) is 4. The Bertz CT molecular complexity index is 768. The van der Waals surface area contributed by atoms with Gasteiger partial charge in [-0.05, 0) is 51.5 Å². The lowest BCUT2D eigenvalue weighted by Gasteiger charge is -2.24. The number of aromatic nitrogens is 3. The van der Waals surface area contributed by atoms with Crippen molar-refractivity contribution < 1.29 is 4.79 Å². The zero-order chi connectivity index (χ0) is 16.8. The minimum absolute atomic E-state index is 0.165. The third kappa shape index (κ3) is 2.66. The first-order valence-corrected chi connectivity index (χ1v) is 9.01. The van der Waals surface area contributed by atoms with Crippen LogP contribution in [0.2, 0.25) is 0 Å². The summed E-state index contributed by atoms with van der Waals surface area (Å²) in [6.07, 6.45) is 8.68. The van der Waals surface area contributed by atoms with E-state index in [9.17, 15) is 4.79 Å². The minimum Gasteiger partial charge on any atom is -0.348 e. The normalized spacial score (nSPS) is 20.8. The molecule has 0 aromatic carbocycles. The molecule has 5 heteroatoms. The van der Waals surface area contributed by atoms with Crippen LogP contribution in [0.3, 0.4) is 0 Å². The van der Waals surface area contributed by atoms with Crippen LogP contribution in [-0.4, -0.2) is 31.7 Å². The highest BCUT2D eigenvalue weighted by Gasteiger charge is 2.33. The highest BCUT2D eigenvalue weighted by atomic mass is 16.2. The summed E-state index contributed by atoms with van der Waals surface area (Å²) < 4.78 is 4.15. The van der Waals surface area contributed by atoms with Crippen LogP contribution in [0.1, 0.15) is 59.0 Å². The third-order valence-corrected chi connectivity index (χ3v) is 5.57. The van der Waals surface area contributed by atoms with Gasteiger partial charge in [0, 0.05) is 43.3 Å². The average molecular weight is 326 g/mol. The Kier molecular flexibility index (Phi) is 3.74. The fraction of sp³-hybridized carbons (Fsp3) is 0.579. The second kappa shape index (κ2) is 5.80. The summed E-state index contributed by atoms with van der Waals surface area (Å²) >= 11 is 0. The van der Waals surface area contributed by atoms with Gasteiger partial charge >= 0.3 is 0 Å². The van der Waals surface area contributed by atoms with Crippen LogP contribution in [-0.2, 0) is 13.6 Å². The van der Waals surface area contributed by atoms with Crippen molar-refractivity contribution in [1.29, 1.82) is 0 Å². The SMILES string of the molecule is Cc1cc(C(=O)N2CCC[C@@H]2c2cnn(C)c2)c(C)n1CC1CC1. The summed E-state index contributed by atoms with van der Waals surface area (Å²) in [6.45, 7) is 6.12. The van der Waals surface area contributed by atoms with Crippen LogP contribution in [0, 0.1) is 19.8 Å². The second-order valence-corrected chi connectivity index (χ2v) is 7.44. The van der Waals surface area contributed by atoms with Gasteiger partial charge in [-0.15, -0.1) is 0 Å². The molecule has 128 valence electrons. The van der Waals surface area contributed by atoms with E-state index in [-0.39, 0.29) is 11.9 Å². The number of rotatable bonds is 4. The van der Waals surface area contributed by atoms with Crippen molar-refractivity contribution in [2.24, 2.45) is 13.0 Å². The number of likely N-dealkylation sites (tertiary alicyclic amines) is 1. The summed E-state index contributed by atoms with van der Waals surface area (Å²) in [5.74, 6) is 0.990. The van der Waals surface area contributed by atoms with Crippen LogP contribution in [0.25, 0.3) is 0 Å². The maximum absolute atomic E-state index is 13.2. The van der Waals surface area contributed by atoms with E-state index in [1.54, 1.807) is 0 Å². The van der Waals surface area contributed by atoms with Crippen molar-refractivity contribution in [2.75, 3.05) is 6.54 Å². The molecule has 1 saturated carbocycles. The van der Waals surface area contributed by atoms with Gasteiger partial charge in [-0.2, -0.15) is 5.10 Å². The van der Waals surface area contributed by atoms with E-state index in [4.69, 9.17) is 0 Å². The van der Waals surface area contributed by atoms with Crippen molar-refractivity contribution in [3.05, 3.63) is 41.0 Å². The van der Waals surface area contributed by atoms with Gasteiger partial charge in [-0.3, -0.25) is 9.48 Å². The first-order valence-electron chi connectivity index (χ1n) is 9.01. The van der Waals surface area contributed by atoms with Gasteiger partial charge in [-0.1, -0.05) is 0 Å². The summed E-state index contributed by atoms with van der Waals surface area (Å²) in [5.41, 5.74) is 4.36. The van der Waals surface area contributed by atoms with Crippen molar-refractivity contribution in [3.63, 3.8) is 0 Å². The van der Waals surface area contributed by atoms with E-state index in [2.05, 4.69) is 29.6 Å². The van der Waals surface area contributed by atoms with Crippen molar-refractivity contribution in [1.82, 2.24) is 19.2 Å². The Morgan fingerprint density at radius 2 is 2.08 bits per heavy atom. The maximum atomic E-state index is 13.2. The highest BCUT2D eigenvalue weighted by Crippen LogP contribution is 2.35. The second-order valence-electron chi connectivity index (χ2n) is 7.44. The molecule has 24 heavy (non-hydrogen) atoms. The Labute approximate surface area is 143 Å². The Balaban J connectivity index is 1.60. The standard InChI is InChI=1S/C19H26N4O/c1-13-9-17(14(2)23(13)11-15-6-7-15)19(24)22-8-4-5-18(22)16-10-20-21(3)12-16/h9-10,12,15,18H,4-8,11H2,1-3H3/t18-/m1/s1. The van der Waals surface area contributed by atoms with Gasteiger partial charge in [0.2, 0.25) is 0 Å². The number of carbonyl (C=O) groups excluding carboxylic acids is 1. The van der Waals surface area contributed by atoms with Crippen molar-refractivity contribution in [3.8, 4) is 0 Å². The molecule has 2 aromatic heterocycles. The highest BCUT2D eigenvalue weighted by molar-refractivity contribution is 5.96. The van der Waals surface area contributed by atoms with E-state index in [1.807, 2.05) is 29.0 Å². The summed E-state index contributed by atoms with van der Waals surface area (Å²) in [7, 11) is 1.93. The monoisotopic (exact) mass is 326 g/mol. The zero-order valence-corrected chi connectivity index (χ0v) is 14.8. The summed E-state index contributed by atoms with van der Waals surface area (Å²) in [6, 6.07) is 2.25.